The van der Waals surface area contributed by atoms with E-state index in [4.69, 9.17) is 0 Å². The monoisotopic (exact) mass is 139 g/mol. The van der Waals surface area contributed by atoms with Crippen molar-refractivity contribution in [3.8, 4) is 11.8 Å². The van der Waals surface area contributed by atoms with Gasteiger partial charge in [0.2, 0.25) is 0 Å². The second-order valence-electron chi connectivity index (χ2n) is 2.38. The summed E-state index contributed by atoms with van der Waals surface area (Å²) in [4.78, 5) is 12.7. The van der Waals surface area contributed by atoms with Crippen LogP contribution in [0.3, 0.4) is 0 Å². The van der Waals surface area contributed by atoms with Crippen molar-refractivity contribution in [2.75, 3.05) is 20.6 Å². The van der Waals surface area contributed by atoms with Gasteiger partial charge in [-0.3, -0.25) is 4.79 Å². The predicted molar refractivity (Wildman–Crippen MR) is 41.6 cm³/mol. The molecule has 0 fully saturated rings. The van der Waals surface area contributed by atoms with Crippen molar-refractivity contribution >= 4 is 5.78 Å². The second-order valence-corrected chi connectivity index (χ2v) is 2.38. The van der Waals surface area contributed by atoms with E-state index in [0.29, 0.717) is 13.0 Å². The molecule has 0 aromatic heterocycles. The summed E-state index contributed by atoms with van der Waals surface area (Å²) in [6.45, 7) is 2.23. The zero-order valence-electron chi connectivity index (χ0n) is 6.77. The van der Waals surface area contributed by atoms with Gasteiger partial charge in [-0.05, 0) is 21.0 Å². The summed E-state index contributed by atoms with van der Waals surface area (Å²) in [6, 6.07) is 0. The Morgan fingerprint density at radius 3 is 2.50 bits per heavy atom. The Kier molecular flexibility index (Phi) is 4.61. The van der Waals surface area contributed by atoms with Crippen LogP contribution in [0.1, 0.15) is 13.3 Å². The molecule has 0 aromatic rings. The molecule has 56 valence electrons. The quantitative estimate of drug-likeness (QED) is 0.532. The molecule has 10 heavy (non-hydrogen) atoms. The molecule has 0 aromatic carbocycles. The molecule has 0 aliphatic carbocycles. The van der Waals surface area contributed by atoms with Crippen LogP contribution in [0.5, 0.6) is 0 Å². The number of rotatable bonds is 3. The highest BCUT2D eigenvalue weighted by molar-refractivity contribution is 5.82. The van der Waals surface area contributed by atoms with Gasteiger partial charge < -0.3 is 4.90 Å². The molecule has 0 unspecified atom stereocenters. The minimum absolute atomic E-state index is 0.180. The van der Waals surface area contributed by atoms with Gasteiger partial charge >= 0.3 is 0 Å². The average Bonchev–Trinajstić information content (AvgIpc) is 1.82. The van der Waals surface area contributed by atoms with Crippen LogP contribution in [0.15, 0.2) is 0 Å². The van der Waals surface area contributed by atoms with Crippen LogP contribution in [-0.2, 0) is 4.79 Å². The first-order valence-electron chi connectivity index (χ1n) is 3.23. The summed E-state index contributed by atoms with van der Waals surface area (Å²) in [5.74, 6) is 5.59. The Balaban J connectivity index is 3.51. The number of hydrogen-bond acceptors (Lipinski definition) is 2. The number of hydrogen-bond donors (Lipinski definition) is 0. The first-order valence-corrected chi connectivity index (χ1v) is 3.23. The van der Waals surface area contributed by atoms with Crippen molar-refractivity contribution in [1.29, 1.82) is 0 Å². The molecule has 0 aliphatic rings. The molecule has 0 saturated heterocycles. The van der Waals surface area contributed by atoms with E-state index in [0.717, 1.165) is 0 Å². The zero-order chi connectivity index (χ0) is 7.98. The summed E-state index contributed by atoms with van der Waals surface area (Å²) in [6.07, 6.45) is 0.384. The Hall–Kier alpha value is -0.810. The van der Waals surface area contributed by atoms with Crippen LogP contribution >= 0.6 is 0 Å². The van der Waals surface area contributed by atoms with E-state index in [1.165, 1.54) is 0 Å². The summed E-state index contributed by atoms with van der Waals surface area (Å²) in [5, 5.41) is 0. The number of likely N-dealkylation sites (N-methyl/N-ethyl adjacent to an activating group) is 1. The van der Waals surface area contributed by atoms with E-state index in [1.54, 1.807) is 6.92 Å². The van der Waals surface area contributed by atoms with Gasteiger partial charge in [-0.25, -0.2) is 0 Å². The number of nitrogens with zero attached hydrogens (tertiary/aromatic N) is 1. The van der Waals surface area contributed by atoms with E-state index in [9.17, 15) is 4.79 Å². The van der Waals surface area contributed by atoms with Gasteiger partial charge in [-0.2, -0.15) is 0 Å². The van der Waals surface area contributed by atoms with Gasteiger partial charge in [-0.1, -0.05) is 5.92 Å². The summed E-state index contributed by atoms with van der Waals surface area (Å²) < 4.78 is 0. The molecule has 2 nitrogen and oxygen atoms in total. The standard InChI is InChI=1S/C8H13NO/c1-4-5-6-8(10)7-9(2)3/h6-7H2,1-3H3. The van der Waals surface area contributed by atoms with Crippen LogP contribution in [0.4, 0.5) is 0 Å². The largest absolute Gasteiger partial charge is 0.302 e. The molecule has 0 spiro atoms. The van der Waals surface area contributed by atoms with Gasteiger partial charge in [0.25, 0.3) is 0 Å². The van der Waals surface area contributed by atoms with E-state index in [-0.39, 0.29) is 5.78 Å². The van der Waals surface area contributed by atoms with Crippen LogP contribution < -0.4 is 0 Å². The van der Waals surface area contributed by atoms with E-state index in [1.807, 2.05) is 19.0 Å². The first kappa shape index (κ1) is 9.19. The molecule has 0 bridgehead atoms. The SMILES string of the molecule is CC#CCC(=O)CN(C)C. The molecule has 2 heteroatoms. The zero-order valence-corrected chi connectivity index (χ0v) is 6.77. The van der Waals surface area contributed by atoms with Crippen LogP contribution in [0, 0.1) is 11.8 Å². The fraction of sp³-hybridized carbons (Fsp3) is 0.625. The minimum atomic E-state index is 0.180. The molecule has 0 aliphatic heterocycles. The van der Waals surface area contributed by atoms with E-state index >= 15 is 0 Å². The minimum Gasteiger partial charge on any atom is -0.302 e. The molecule has 0 saturated carbocycles. The van der Waals surface area contributed by atoms with Crippen molar-refractivity contribution in [3.63, 3.8) is 0 Å². The van der Waals surface area contributed by atoms with Crippen molar-refractivity contribution in [1.82, 2.24) is 4.90 Å². The molecular weight excluding hydrogens is 126 g/mol. The third kappa shape index (κ3) is 5.33. The average molecular weight is 139 g/mol. The number of Topliss-reactive ketones (excluding diaryl/α,β-unsaturated/α-hetero) is 1. The van der Waals surface area contributed by atoms with Gasteiger partial charge in [-0.15, -0.1) is 5.92 Å². The van der Waals surface area contributed by atoms with Gasteiger partial charge in [0.1, 0.15) is 0 Å². The molecular formula is C8H13NO. The highest BCUT2D eigenvalue weighted by atomic mass is 16.1. The lowest BCUT2D eigenvalue weighted by molar-refractivity contribution is -0.118. The summed E-state index contributed by atoms with van der Waals surface area (Å²) >= 11 is 0. The third-order valence-electron chi connectivity index (χ3n) is 0.955. The van der Waals surface area contributed by atoms with Crippen molar-refractivity contribution in [3.05, 3.63) is 0 Å². The normalized spacial score (nSPS) is 8.80. The Bertz CT molecular complexity index is 162. The lowest BCUT2D eigenvalue weighted by Gasteiger charge is -2.05. The fourth-order valence-electron chi connectivity index (χ4n) is 0.596. The number of ketones is 1. The molecule has 0 rings (SSSR count). The van der Waals surface area contributed by atoms with E-state index < -0.39 is 0 Å². The van der Waals surface area contributed by atoms with Crippen molar-refractivity contribution in [2.45, 2.75) is 13.3 Å². The summed E-state index contributed by atoms with van der Waals surface area (Å²) in [7, 11) is 3.74. The third-order valence-corrected chi connectivity index (χ3v) is 0.955. The van der Waals surface area contributed by atoms with Crippen LogP contribution in [-0.4, -0.2) is 31.3 Å². The van der Waals surface area contributed by atoms with Crippen LogP contribution in [0.2, 0.25) is 0 Å². The topological polar surface area (TPSA) is 20.3 Å². The fourth-order valence-corrected chi connectivity index (χ4v) is 0.596. The smallest absolute Gasteiger partial charge is 0.158 e. The maximum Gasteiger partial charge on any atom is 0.158 e. The number of carbonyl (C=O) groups excluding carboxylic acids is 1. The molecule has 0 heterocycles. The predicted octanol–water partition coefficient (Wildman–Crippen LogP) is 0.530. The Morgan fingerprint density at radius 2 is 2.10 bits per heavy atom. The van der Waals surface area contributed by atoms with Gasteiger partial charge in [0.15, 0.2) is 5.78 Å². The molecule has 0 N–H and O–H groups in total. The highest BCUT2D eigenvalue weighted by Gasteiger charge is 1.98. The summed E-state index contributed by atoms with van der Waals surface area (Å²) in [5.41, 5.74) is 0. The molecule has 0 atom stereocenters. The Morgan fingerprint density at radius 1 is 1.50 bits per heavy atom. The van der Waals surface area contributed by atoms with E-state index in [2.05, 4.69) is 11.8 Å². The lowest BCUT2D eigenvalue weighted by atomic mass is 10.3. The van der Waals surface area contributed by atoms with Crippen molar-refractivity contribution < 1.29 is 4.79 Å². The maximum atomic E-state index is 10.9. The second kappa shape index (κ2) is 5.01. The highest BCUT2D eigenvalue weighted by Crippen LogP contribution is 1.82. The maximum absolute atomic E-state index is 10.9. The molecule has 0 amide bonds. The van der Waals surface area contributed by atoms with Crippen molar-refractivity contribution in [2.24, 2.45) is 0 Å². The number of carbonyl (C=O) groups is 1. The Labute approximate surface area is 62.2 Å². The lowest BCUT2D eigenvalue weighted by Crippen LogP contribution is -2.20. The first-order chi connectivity index (χ1) is 4.66. The van der Waals surface area contributed by atoms with Gasteiger partial charge in [0, 0.05) is 0 Å². The van der Waals surface area contributed by atoms with Gasteiger partial charge in [0.05, 0.1) is 13.0 Å². The van der Waals surface area contributed by atoms with Crippen LogP contribution in [0.25, 0.3) is 0 Å². The molecule has 0 radical (unpaired) electrons.